The minimum Gasteiger partial charge on any atom is -0.490 e. The Balaban J connectivity index is 2.26. The molecule has 1 heterocycles. The molecule has 0 fully saturated rings. The highest BCUT2D eigenvalue weighted by molar-refractivity contribution is 5.40. The largest absolute Gasteiger partial charge is 0.490 e. The second kappa shape index (κ2) is 4.46. The Labute approximate surface area is 97.3 Å². The van der Waals surface area contributed by atoms with E-state index in [-0.39, 0.29) is 12.2 Å². The van der Waals surface area contributed by atoms with E-state index < -0.39 is 0 Å². The van der Waals surface area contributed by atoms with E-state index >= 15 is 0 Å². The molecule has 0 saturated carbocycles. The van der Waals surface area contributed by atoms with E-state index in [1.54, 1.807) is 0 Å². The zero-order valence-corrected chi connectivity index (χ0v) is 10.2. The minimum absolute atomic E-state index is 0.148. The predicted octanol–water partition coefficient (Wildman–Crippen LogP) is 3.23. The van der Waals surface area contributed by atoms with Gasteiger partial charge in [-0.15, -0.1) is 0 Å². The second-order valence-corrected chi connectivity index (χ2v) is 4.83. The summed E-state index contributed by atoms with van der Waals surface area (Å²) < 4.78 is 5.95. The Morgan fingerprint density at radius 3 is 2.94 bits per heavy atom. The molecule has 2 nitrogen and oxygen atoms in total. The van der Waals surface area contributed by atoms with E-state index in [1.807, 2.05) is 25.1 Å². The summed E-state index contributed by atoms with van der Waals surface area (Å²) in [7, 11) is 0. The summed E-state index contributed by atoms with van der Waals surface area (Å²) in [4.78, 5) is 0. The predicted molar refractivity (Wildman–Crippen MR) is 64.6 cm³/mol. The number of ether oxygens (including phenoxy) is 1. The van der Waals surface area contributed by atoms with Crippen molar-refractivity contribution in [3.8, 4) is 5.75 Å². The Morgan fingerprint density at radius 1 is 1.50 bits per heavy atom. The average molecular weight is 220 g/mol. The van der Waals surface area contributed by atoms with Gasteiger partial charge in [-0.2, -0.15) is 0 Å². The lowest BCUT2D eigenvalue weighted by Crippen LogP contribution is -2.31. The molecule has 0 radical (unpaired) electrons. The fraction of sp³-hybridized carbons (Fsp3) is 0.571. The van der Waals surface area contributed by atoms with E-state index in [0.717, 1.165) is 17.7 Å². The average Bonchev–Trinajstić information content (AvgIpc) is 2.28. The number of hydrogen-bond acceptors (Lipinski definition) is 2. The molecule has 0 amide bonds. The SMILES string of the molecule is CCC(C)C1CC(O)c2cc(C)ccc2O1. The van der Waals surface area contributed by atoms with Crippen LogP contribution in [0.15, 0.2) is 18.2 Å². The number of aliphatic hydroxyl groups excluding tert-OH is 1. The normalized spacial score (nSPS) is 25.8. The summed E-state index contributed by atoms with van der Waals surface area (Å²) in [6.07, 6.45) is 1.57. The van der Waals surface area contributed by atoms with Crippen LogP contribution in [0.1, 0.15) is 43.9 Å². The van der Waals surface area contributed by atoms with Crippen LogP contribution >= 0.6 is 0 Å². The Hall–Kier alpha value is -1.02. The standard InChI is InChI=1S/C14H20O2/c1-4-10(3)14-8-12(15)11-7-9(2)5-6-13(11)16-14/h5-7,10,12,14-15H,4,8H2,1-3H3. The molecule has 3 atom stereocenters. The number of rotatable bonds is 2. The van der Waals surface area contributed by atoms with Crippen molar-refractivity contribution in [1.82, 2.24) is 0 Å². The van der Waals surface area contributed by atoms with E-state index in [9.17, 15) is 5.11 Å². The van der Waals surface area contributed by atoms with Crippen molar-refractivity contribution in [2.24, 2.45) is 5.92 Å². The van der Waals surface area contributed by atoms with Gasteiger partial charge in [0, 0.05) is 12.0 Å². The van der Waals surface area contributed by atoms with Crippen LogP contribution in [-0.2, 0) is 0 Å². The molecule has 1 aromatic rings. The van der Waals surface area contributed by atoms with Crippen molar-refractivity contribution in [3.05, 3.63) is 29.3 Å². The molecule has 16 heavy (non-hydrogen) atoms. The number of benzene rings is 1. The van der Waals surface area contributed by atoms with Gasteiger partial charge in [0.1, 0.15) is 11.9 Å². The summed E-state index contributed by atoms with van der Waals surface area (Å²) in [6.45, 7) is 6.37. The van der Waals surface area contributed by atoms with Gasteiger partial charge in [0.15, 0.2) is 0 Å². The number of fused-ring (bicyclic) bond motifs is 1. The lowest BCUT2D eigenvalue weighted by molar-refractivity contribution is 0.0375. The molecule has 0 saturated heterocycles. The minimum atomic E-state index is -0.373. The van der Waals surface area contributed by atoms with Gasteiger partial charge < -0.3 is 9.84 Å². The van der Waals surface area contributed by atoms with Gasteiger partial charge in [-0.1, -0.05) is 31.9 Å². The fourth-order valence-electron chi connectivity index (χ4n) is 2.21. The van der Waals surface area contributed by atoms with Crippen LogP contribution in [0.4, 0.5) is 0 Å². The molecule has 3 unspecified atom stereocenters. The van der Waals surface area contributed by atoms with Crippen molar-refractivity contribution in [3.63, 3.8) is 0 Å². The van der Waals surface area contributed by atoms with Crippen LogP contribution in [0.25, 0.3) is 0 Å². The third-order valence-corrected chi connectivity index (χ3v) is 3.54. The van der Waals surface area contributed by atoms with Crippen LogP contribution in [0, 0.1) is 12.8 Å². The second-order valence-electron chi connectivity index (χ2n) is 4.83. The summed E-state index contributed by atoms with van der Waals surface area (Å²) in [5.41, 5.74) is 2.11. The molecule has 0 aromatic heterocycles. The first kappa shape index (κ1) is 11.5. The molecule has 1 aromatic carbocycles. The van der Waals surface area contributed by atoms with Gasteiger partial charge in [-0.3, -0.25) is 0 Å². The quantitative estimate of drug-likeness (QED) is 0.829. The van der Waals surface area contributed by atoms with Crippen LogP contribution < -0.4 is 4.74 Å². The van der Waals surface area contributed by atoms with Gasteiger partial charge >= 0.3 is 0 Å². The zero-order chi connectivity index (χ0) is 11.7. The molecular weight excluding hydrogens is 200 g/mol. The van der Waals surface area contributed by atoms with Crippen molar-refractivity contribution in [2.45, 2.75) is 45.8 Å². The molecule has 88 valence electrons. The van der Waals surface area contributed by atoms with E-state index in [4.69, 9.17) is 4.74 Å². The molecule has 1 aliphatic rings. The zero-order valence-electron chi connectivity index (χ0n) is 10.2. The first-order valence-electron chi connectivity index (χ1n) is 6.07. The van der Waals surface area contributed by atoms with Crippen LogP contribution in [0.2, 0.25) is 0 Å². The highest BCUT2D eigenvalue weighted by atomic mass is 16.5. The van der Waals surface area contributed by atoms with E-state index in [0.29, 0.717) is 12.3 Å². The molecule has 2 heteroatoms. The summed E-state index contributed by atoms with van der Waals surface area (Å²) >= 11 is 0. The van der Waals surface area contributed by atoms with Crippen LogP contribution in [0.5, 0.6) is 5.75 Å². The number of aliphatic hydroxyl groups is 1. The third kappa shape index (κ3) is 2.07. The van der Waals surface area contributed by atoms with E-state index in [1.165, 1.54) is 5.56 Å². The molecule has 1 N–H and O–H groups in total. The van der Waals surface area contributed by atoms with Crippen molar-refractivity contribution >= 4 is 0 Å². The van der Waals surface area contributed by atoms with Crippen molar-refractivity contribution in [1.29, 1.82) is 0 Å². The first-order chi connectivity index (χ1) is 7.61. The van der Waals surface area contributed by atoms with Crippen molar-refractivity contribution in [2.75, 3.05) is 0 Å². The van der Waals surface area contributed by atoms with Gasteiger partial charge in [-0.25, -0.2) is 0 Å². The van der Waals surface area contributed by atoms with Crippen molar-refractivity contribution < 1.29 is 9.84 Å². The van der Waals surface area contributed by atoms with Gasteiger partial charge in [-0.05, 0) is 25.0 Å². The Kier molecular flexibility index (Phi) is 3.20. The lowest BCUT2D eigenvalue weighted by atomic mass is 9.90. The fourth-order valence-corrected chi connectivity index (χ4v) is 2.21. The van der Waals surface area contributed by atoms with Gasteiger partial charge in [0.25, 0.3) is 0 Å². The Bertz CT molecular complexity index is 373. The molecule has 0 aliphatic carbocycles. The smallest absolute Gasteiger partial charge is 0.125 e. The highest BCUT2D eigenvalue weighted by Crippen LogP contribution is 2.37. The number of hydrogen-bond donors (Lipinski definition) is 1. The van der Waals surface area contributed by atoms with E-state index in [2.05, 4.69) is 13.8 Å². The van der Waals surface area contributed by atoms with Crippen LogP contribution in [-0.4, -0.2) is 11.2 Å². The highest BCUT2D eigenvalue weighted by Gasteiger charge is 2.29. The monoisotopic (exact) mass is 220 g/mol. The van der Waals surface area contributed by atoms with Crippen LogP contribution in [0.3, 0.4) is 0 Å². The molecule has 0 spiro atoms. The topological polar surface area (TPSA) is 29.5 Å². The number of aryl methyl sites for hydroxylation is 1. The summed E-state index contributed by atoms with van der Waals surface area (Å²) in [5, 5.41) is 10.1. The Morgan fingerprint density at radius 2 is 2.25 bits per heavy atom. The maximum absolute atomic E-state index is 10.1. The molecular formula is C14H20O2. The lowest BCUT2D eigenvalue weighted by Gasteiger charge is -2.33. The maximum Gasteiger partial charge on any atom is 0.125 e. The van der Waals surface area contributed by atoms with Gasteiger partial charge in [0.05, 0.1) is 6.10 Å². The molecule has 1 aliphatic heterocycles. The maximum atomic E-state index is 10.1. The summed E-state index contributed by atoms with van der Waals surface area (Å²) in [5.74, 6) is 1.35. The molecule has 0 bridgehead atoms. The molecule has 2 rings (SSSR count). The summed E-state index contributed by atoms with van der Waals surface area (Å²) in [6, 6.07) is 6.03. The van der Waals surface area contributed by atoms with Gasteiger partial charge in [0.2, 0.25) is 0 Å². The third-order valence-electron chi connectivity index (χ3n) is 3.54. The first-order valence-corrected chi connectivity index (χ1v) is 6.07.